The first-order valence-electron chi connectivity index (χ1n) is 9.25. The van der Waals surface area contributed by atoms with Gasteiger partial charge in [-0.25, -0.2) is 4.79 Å². The number of anilines is 1. The lowest BCUT2D eigenvalue weighted by molar-refractivity contribution is -0.0507. The summed E-state index contributed by atoms with van der Waals surface area (Å²) >= 11 is 0. The molecule has 0 aliphatic carbocycles. The lowest BCUT2D eigenvalue weighted by Gasteiger charge is -2.26. The lowest BCUT2D eigenvalue weighted by Crippen LogP contribution is -2.41. The van der Waals surface area contributed by atoms with Gasteiger partial charge in [0.05, 0.1) is 13.2 Å². The fourth-order valence-electron chi connectivity index (χ4n) is 2.73. The molecule has 140 valence electrons. The van der Waals surface area contributed by atoms with Crippen molar-refractivity contribution in [3.05, 3.63) is 24.3 Å². The van der Waals surface area contributed by atoms with Crippen molar-refractivity contribution < 1.29 is 19.0 Å². The summed E-state index contributed by atoms with van der Waals surface area (Å²) < 4.78 is 16.7. The van der Waals surface area contributed by atoms with E-state index in [4.69, 9.17) is 14.2 Å². The van der Waals surface area contributed by atoms with Crippen LogP contribution in [0.3, 0.4) is 0 Å². The Bertz CT molecular complexity index is 518. The molecular formula is C19H30N2O4. The molecule has 6 nitrogen and oxygen atoms in total. The predicted molar refractivity (Wildman–Crippen MR) is 98.0 cm³/mol. The lowest BCUT2D eigenvalue weighted by atomic mass is 10.3. The van der Waals surface area contributed by atoms with Gasteiger partial charge in [0.2, 0.25) is 0 Å². The molecule has 1 N–H and O–H groups in total. The highest BCUT2D eigenvalue weighted by Gasteiger charge is 2.25. The summed E-state index contributed by atoms with van der Waals surface area (Å²) in [5, 5.41) is 2.78. The normalized spacial score (nSPS) is 15.8. The first-order valence-corrected chi connectivity index (χ1v) is 9.25. The van der Waals surface area contributed by atoms with Crippen LogP contribution in [0.1, 0.15) is 39.5 Å². The molecule has 0 saturated carbocycles. The number of rotatable bonds is 10. The standard InChI is InChI=1S/C19H30N2O4/c1-3-5-13-24-17-10-8-9-16(14-17)20-19(22)25-18(15-23-4-2)21-11-6-7-12-21/h8-10,14,18H,3-7,11-13,15H2,1-2H3,(H,20,22). The zero-order valence-electron chi connectivity index (χ0n) is 15.3. The van der Waals surface area contributed by atoms with E-state index in [-0.39, 0.29) is 6.23 Å². The second-order valence-corrected chi connectivity index (χ2v) is 6.12. The Kier molecular flexibility index (Phi) is 8.55. The van der Waals surface area contributed by atoms with Crippen LogP contribution in [-0.4, -0.2) is 50.1 Å². The third-order valence-corrected chi connectivity index (χ3v) is 4.10. The van der Waals surface area contributed by atoms with Crippen LogP contribution >= 0.6 is 0 Å². The number of carbonyl (C=O) groups excluding carboxylic acids is 1. The van der Waals surface area contributed by atoms with Crippen molar-refractivity contribution >= 4 is 11.8 Å². The minimum atomic E-state index is -0.470. The first-order chi connectivity index (χ1) is 12.2. The molecule has 0 bridgehead atoms. The number of carbonyl (C=O) groups is 1. The molecular weight excluding hydrogens is 320 g/mol. The highest BCUT2D eigenvalue weighted by Crippen LogP contribution is 2.19. The van der Waals surface area contributed by atoms with Crippen LogP contribution in [0.5, 0.6) is 5.75 Å². The minimum Gasteiger partial charge on any atom is -0.494 e. The van der Waals surface area contributed by atoms with Gasteiger partial charge < -0.3 is 14.2 Å². The molecule has 6 heteroatoms. The number of unbranched alkanes of at least 4 members (excludes halogenated alkanes) is 1. The van der Waals surface area contributed by atoms with E-state index in [1.807, 2.05) is 31.2 Å². The summed E-state index contributed by atoms with van der Waals surface area (Å²) in [7, 11) is 0. The highest BCUT2D eigenvalue weighted by atomic mass is 16.6. The Morgan fingerprint density at radius 3 is 2.80 bits per heavy atom. The summed E-state index contributed by atoms with van der Waals surface area (Å²) in [5.41, 5.74) is 0.663. The van der Waals surface area contributed by atoms with Crippen molar-refractivity contribution in [1.82, 2.24) is 4.90 Å². The molecule has 1 atom stereocenters. The first kappa shape index (κ1) is 19.5. The molecule has 1 fully saturated rings. The quantitative estimate of drug-likeness (QED) is 0.649. The average Bonchev–Trinajstić information content (AvgIpc) is 3.13. The number of nitrogens with zero attached hydrogens (tertiary/aromatic N) is 1. The van der Waals surface area contributed by atoms with Crippen molar-refractivity contribution in [2.45, 2.75) is 45.8 Å². The molecule has 0 spiro atoms. The molecule has 1 heterocycles. The van der Waals surface area contributed by atoms with Gasteiger partial charge in [-0.15, -0.1) is 0 Å². The van der Waals surface area contributed by atoms with Crippen LogP contribution in [0, 0.1) is 0 Å². The number of ether oxygens (including phenoxy) is 3. The van der Waals surface area contributed by atoms with Crippen molar-refractivity contribution in [1.29, 1.82) is 0 Å². The summed E-state index contributed by atoms with van der Waals surface area (Å²) in [6, 6.07) is 7.37. The SMILES string of the molecule is CCCCOc1cccc(NC(=O)OC(COCC)N2CCCC2)c1. The minimum absolute atomic E-state index is 0.341. The Morgan fingerprint density at radius 1 is 1.28 bits per heavy atom. The van der Waals surface area contributed by atoms with E-state index >= 15 is 0 Å². The van der Waals surface area contributed by atoms with Gasteiger partial charge in [-0.1, -0.05) is 19.4 Å². The number of amides is 1. The van der Waals surface area contributed by atoms with E-state index in [9.17, 15) is 4.79 Å². The summed E-state index contributed by atoms with van der Waals surface area (Å²) in [6.45, 7) is 7.60. The van der Waals surface area contributed by atoms with Crippen LogP contribution in [0.25, 0.3) is 0 Å². The zero-order valence-corrected chi connectivity index (χ0v) is 15.3. The number of nitrogens with one attached hydrogen (secondary N) is 1. The van der Waals surface area contributed by atoms with Crippen LogP contribution < -0.4 is 10.1 Å². The van der Waals surface area contributed by atoms with Gasteiger partial charge in [0, 0.05) is 31.5 Å². The topological polar surface area (TPSA) is 60.0 Å². The predicted octanol–water partition coefficient (Wildman–Crippen LogP) is 3.87. The summed E-state index contributed by atoms with van der Waals surface area (Å²) in [4.78, 5) is 14.4. The average molecular weight is 350 g/mol. The van der Waals surface area contributed by atoms with Crippen molar-refractivity contribution in [2.24, 2.45) is 0 Å². The maximum Gasteiger partial charge on any atom is 0.413 e. The number of benzene rings is 1. The van der Waals surface area contributed by atoms with E-state index in [0.29, 0.717) is 25.5 Å². The molecule has 0 aromatic heterocycles. The Hall–Kier alpha value is -1.79. The molecule has 1 saturated heterocycles. The summed E-state index contributed by atoms with van der Waals surface area (Å²) in [5.74, 6) is 0.747. The van der Waals surface area contributed by atoms with E-state index in [1.54, 1.807) is 0 Å². The van der Waals surface area contributed by atoms with Crippen LogP contribution in [0.2, 0.25) is 0 Å². The van der Waals surface area contributed by atoms with Gasteiger partial charge in [0.1, 0.15) is 5.75 Å². The monoisotopic (exact) mass is 350 g/mol. The van der Waals surface area contributed by atoms with Gasteiger partial charge >= 0.3 is 6.09 Å². The molecule has 0 radical (unpaired) electrons. The fraction of sp³-hybridized carbons (Fsp3) is 0.632. The van der Waals surface area contributed by atoms with Crippen LogP contribution in [0.4, 0.5) is 10.5 Å². The highest BCUT2D eigenvalue weighted by molar-refractivity contribution is 5.84. The van der Waals surface area contributed by atoms with Crippen molar-refractivity contribution in [3.8, 4) is 5.75 Å². The van der Waals surface area contributed by atoms with Gasteiger partial charge in [-0.2, -0.15) is 0 Å². The van der Waals surface area contributed by atoms with E-state index in [1.165, 1.54) is 0 Å². The van der Waals surface area contributed by atoms with Gasteiger partial charge in [-0.05, 0) is 38.3 Å². The van der Waals surface area contributed by atoms with E-state index < -0.39 is 6.09 Å². The number of likely N-dealkylation sites (tertiary alicyclic amines) is 1. The van der Waals surface area contributed by atoms with Gasteiger partial charge in [0.15, 0.2) is 6.23 Å². The van der Waals surface area contributed by atoms with Crippen LogP contribution in [-0.2, 0) is 9.47 Å². The molecule has 1 amide bonds. The third-order valence-electron chi connectivity index (χ3n) is 4.10. The number of hydrogen-bond acceptors (Lipinski definition) is 5. The molecule has 1 aromatic rings. The molecule has 2 rings (SSSR count). The molecule has 1 aromatic carbocycles. The number of hydrogen-bond donors (Lipinski definition) is 1. The zero-order chi connectivity index (χ0) is 17.9. The molecule has 25 heavy (non-hydrogen) atoms. The van der Waals surface area contributed by atoms with Crippen LogP contribution in [0.15, 0.2) is 24.3 Å². The second-order valence-electron chi connectivity index (χ2n) is 6.12. The Labute approximate surface area is 150 Å². The summed E-state index contributed by atoms with van der Waals surface area (Å²) in [6.07, 6.45) is 3.54. The van der Waals surface area contributed by atoms with E-state index in [2.05, 4.69) is 17.1 Å². The maximum atomic E-state index is 12.3. The van der Waals surface area contributed by atoms with Gasteiger partial charge in [-0.3, -0.25) is 10.2 Å². The fourth-order valence-corrected chi connectivity index (χ4v) is 2.73. The third kappa shape index (κ3) is 6.92. The maximum absolute atomic E-state index is 12.3. The second kappa shape index (κ2) is 10.9. The smallest absolute Gasteiger partial charge is 0.413 e. The van der Waals surface area contributed by atoms with E-state index in [0.717, 1.165) is 44.5 Å². The van der Waals surface area contributed by atoms with Crippen molar-refractivity contribution in [2.75, 3.05) is 38.2 Å². The Morgan fingerprint density at radius 2 is 2.08 bits per heavy atom. The van der Waals surface area contributed by atoms with Gasteiger partial charge in [0.25, 0.3) is 0 Å². The Balaban J connectivity index is 1.87. The molecule has 1 aliphatic rings. The molecule has 1 aliphatic heterocycles. The largest absolute Gasteiger partial charge is 0.494 e. The van der Waals surface area contributed by atoms with Crippen molar-refractivity contribution in [3.63, 3.8) is 0 Å². The molecule has 1 unspecified atom stereocenters.